The van der Waals surface area contributed by atoms with Crippen molar-refractivity contribution in [2.75, 3.05) is 10.9 Å². The van der Waals surface area contributed by atoms with Crippen molar-refractivity contribution < 1.29 is 9.59 Å². The Balaban J connectivity index is 1.97. The Morgan fingerprint density at radius 2 is 1.39 bits per heavy atom. The molecular weight excluding hydrogens is 298 g/mol. The van der Waals surface area contributed by atoms with Crippen LogP contribution in [-0.2, 0) is 0 Å². The van der Waals surface area contributed by atoms with Crippen molar-refractivity contribution in [2.45, 2.75) is 0 Å². The minimum absolute atomic E-state index is 0.605. The summed E-state index contributed by atoms with van der Waals surface area (Å²) in [6.07, 6.45) is 0. The second-order valence-corrected chi connectivity index (χ2v) is 4.34. The zero-order valence-corrected chi connectivity index (χ0v) is 12.1. The predicted octanol–water partition coefficient (Wildman–Crippen LogP) is 1.14. The molecule has 0 bridgehead atoms. The van der Waals surface area contributed by atoms with Gasteiger partial charge in [-0.2, -0.15) is 0 Å². The van der Waals surface area contributed by atoms with Gasteiger partial charge in [-0.05, 0) is 24.3 Å². The maximum atomic E-state index is 12.2. The Kier molecular flexibility index (Phi) is 5.61. The summed E-state index contributed by atoms with van der Waals surface area (Å²) in [5.41, 5.74) is 18.7. The van der Waals surface area contributed by atoms with Crippen LogP contribution in [0.5, 0.6) is 0 Å². The number of anilines is 2. The van der Waals surface area contributed by atoms with Crippen molar-refractivity contribution >= 4 is 23.4 Å². The summed E-state index contributed by atoms with van der Waals surface area (Å²) >= 11 is 0. The monoisotopic (exact) mass is 315 g/mol. The van der Waals surface area contributed by atoms with Crippen LogP contribution in [0.25, 0.3) is 0 Å². The highest BCUT2D eigenvalue weighted by Gasteiger charge is 2.13. The second kappa shape index (κ2) is 8.10. The number of rotatable bonds is 6. The van der Waals surface area contributed by atoms with Crippen LogP contribution in [0.4, 0.5) is 21.0 Å². The predicted molar refractivity (Wildman–Crippen MR) is 86.4 cm³/mol. The smallest absolute Gasteiger partial charge is 0.351 e. The lowest BCUT2D eigenvalue weighted by molar-refractivity contribution is 0.174. The Morgan fingerprint density at radius 3 is 1.96 bits per heavy atom. The van der Waals surface area contributed by atoms with Gasteiger partial charge in [0.15, 0.2) is 0 Å². The fraction of sp³-hybridized carbons (Fsp3) is 0. The summed E-state index contributed by atoms with van der Waals surface area (Å²) in [6, 6.07) is 16.5. The van der Waals surface area contributed by atoms with Gasteiger partial charge in [0.1, 0.15) is 0 Å². The van der Waals surface area contributed by atoms with Gasteiger partial charge >= 0.3 is 12.1 Å². The first-order chi connectivity index (χ1) is 11.1. The zero-order valence-electron chi connectivity index (χ0n) is 12.1. The molecule has 0 saturated carbocycles. The third kappa shape index (κ3) is 5.44. The molecule has 0 fully saturated rings. The van der Waals surface area contributed by atoms with E-state index in [0.717, 1.165) is 5.12 Å². The maximum Gasteiger partial charge on any atom is 0.371 e. The molecule has 0 atom stereocenters. The van der Waals surface area contributed by atoms with E-state index in [1.54, 1.807) is 36.4 Å². The molecule has 7 N–H and O–H groups in total. The third-order valence-electron chi connectivity index (χ3n) is 2.60. The van der Waals surface area contributed by atoms with E-state index in [0.29, 0.717) is 11.4 Å². The molecule has 120 valence electrons. The molecule has 2 aromatic rings. The molecule has 0 aromatic heterocycles. The lowest BCUT2D eigenvalue weighted by atomic mass is 10.3. The van der Waals surface area contributed by atoms with Crippen LogP contribution in [-0.4, -0.2) is 17.2 Å². The Labute approximate surface area is 132 Å². The molecule has 9 heteroatoms. The molecule has 0 radical (unpaired) electrons. The van der Waals surface area contributed by atoms with Gasteiger partial charge in [-0.3, -0.25) is 16.3 Å². The van der Waals surface area contributed by atoms with E-state index in [2.05, 4.69) is 27.2 Å². The standard InChI is InChI=1S/C14H17N7O2/c15-13(22)17-20-21(19-12-9-5-2-6-10-12)14(23)18-16-11-7-3-1-4-8-11/h1-10,16,19-20H,(H,18,23)(H3,15,17,22). The normalized spacial score (nSPS) is 9.57. The molecule has 0 aliphatic rings. The fourth-order valence-corrected chi connectivity index (χ4v) is 1.59. The lowest BCUT2D eigenvalue weighted by Crippen LogP contribution is -2.59. The number of nitrogens with one attached hydrogen (secondary N) is 5. The molecule has 9 nitrogen and oxygen atoms in total. The quantitative estimate of drug-likeness (QED) is 0.446. The van der Waals surface area contributed by atoms with E-state index >= 15 is 0 Å². The number of nitrogens with two attached hydrogens (primary N) is 1. The van der Waals surface area contributed by atoms with Crippen molar-refractivity contribution in [1.29, 1.82) is 0 Å². The summed E-state index contributed by atoms with van der Waals surface area (Å²) in [7, 11) is 0. The Hall–Kier alpha value is -3.46. The minimum Gasteiger partial charge on any atom is -0.351 e. The molecule has 0 saturated heterocycles. The van der Waals surface area contributed by atoms with Gasteiger partial charge in [0.05, 0.1) is 11.4 Å². The number of urea groups is 2. The SMILES string of the molecule is NC(=O)NNN(Nc1ccccc1)C(=O)NNc1ccccc1. The van der Waals surface area contributed by atoms with Crippen LogP contribution < -0.4 is 33.0 Å². The first-order valence-electron chi connectivity index (χ1n) is 6.69. The van der Waals surface area contributed by atoms with Gasteiger partial charge in [-0.1, -0.05) is 36.4 Å². The second-order valence-electron chi connectivity index (χ2n) is 4.34. The van der Waals surface area contributed by atoms with Gasteiger partial charge in [-0.25, -0.2) is 15.0 Å². The number of primary amides is 1. The van der Waals surface area contributed by atoms with E-state index in [4.69, 9.17) is 5.73 Å². The number of hydrogen-bond donors (Lipinski definition) is 6. The number of hydrogen-bond acceptors (Lipinski definition) is 5. The van der Waals surface area contributed by atoms with Crippen LogP contribution in [0, 0.1) is 0 Å². The average Bonchev–Trinajstić information content (AvgIpc) is 2.58. The van der Waals surface area contributed by atoms with E-state index in [1.807, 2.05) is 24.3 Å². The molecule has 0 aliphatic carbocycles. The van der Waals surface area contributed by atoms with Crippen LogP contribution in [0.2, 0.25) is 0 Å². The largest absolute Gasteiger partial charge is 0.371 e. The third-order valence-corrected chi connectivity index (χ3v) is 2.60. The minimum atomic E-state index is -0.839. The van der Waals surface area contributed by atoms with E-state index in [1.165, 1.54) is 0 Å². The number of amides is 4. The van der Waals surface area contributed by atoms with E-state index < -0.39 is 12.1 Å². The summed E-state index contributed by atoms with van der Waals surface area (Å²) in [4.78, 5) is 23.0. The first-order valence-corrected chi connectivity index (χ1v) is 6.69. The molecule has 23 heavy (non-hydrogen) atoms. The Bertz CT molecular complexity index is 636. The van der Waals surface area contributed by atoms with Gasteiger partial charge in [-0.15, -0.1) is 10.7 Å². The van der Waals surface area contributed by atoms with Gasteiger partial charge < -0.3 is 5.73 Å². The Morgan fingerprint density at radius 1 is 0.826 bits per heavy atom. The van der Waals surface area contributed by atoms with Crippen molar-refractivity contribution in [3.8, 4) is 0 Å². The van der Waals surface area contributed by atoms with Crippen molar-refractivity contribution in [3.63, 3.8) is 0 Å². The molecule has 0 aliphatic heterocycles. The maximum absolute atomic E-state index is 12.2. The summed E-state index contributed by atoms with van der Waals surface area (Å²) in [6.45, 7) is 0. The molecule has 0 unspecified atom stereocenters. The van der Waals surface area contributed by atoms with Crippen molar-refractivity contribution in [3.05, 3.63) is 60.7 Å². The van der Waals surface area contributed by atoms with Gasteiger partial charge in [0.25, 0.3) is 0 Å². The van der Waals surface area contributed by atoms with Crippen molar-refractivity contribution in [1.82, 2.24) is 21.5 Å². The molecular formula is C14H17N7O2. The highest BCUT2D eigenvalue weighted by atomic mass is 16.2. The van der Waals surface area contributed by atoms with Gasteiger partial charge in [0, 0.05) is 0 Å². The zero-order chi connectivity index (χ0) is 16.5. The van der Waals surface area contributed by atoms with Crippen LogP contribution >= 0.6 is 0 Å². The highest BCUT2D eigenvalue weighted by molar-refractivity contribution is 5.77. The van der Waals surface area contributed by atoms with Crippen LogP contribution in [0.3, 0.4) is 0 Å². The molecule has 4 amide bonds. The van der Waals surface area contributed by atoms with Crippen molar-refractivity contribution in [2.24, 2.45) is 5.73 Å². The fourth-order valence-electron chi connectivity index (χ4n) is 1.59. The average molecular weight is 315 g/mol. The van der Waals surface area contributed by atoms with Crippen LogP contribution in [0.1, 0.15) is 0 Å². The molecule has 2 aromatic carbocycles. The topological polar surface area (TPSA) is 124 Å². The number of nitrogens with zero attached hydrogens (tertiary/aromatic N) is 1. The number of hydrazine groups is 4. The first kappa shape index (κ1) is 15.9. The number of benzene rings is 2. The summed E-state index contributed by atoms with van der Waals surface area (Å²) in [5.74, 6) is 0. The number of para-hydroxylation sites is 2. The molecule has 0 spiro atoms. The summed E-state index contributed by atoms with van der Waals surface area (Å²) in [5, 5.41) is 0.927. The number of carbonyl (C=O) groups excluding carboxylic acids is 2. The van der Waals surface area contributed by atoms with Gasteiger partial charge in [0.2, 0.25) is 0 Å². The number of carbonyl (C=O) groups is 2. The lowest BCUT2D eigenvalue weighted by Gasteiger charge is -2.24. The summed E-state index contributed by atoms with van der Waals surface area (Å²) < 4.78 is 0. The highest BCUT2D eigenvalue weighted by Crippen LogP contribution is 2.06. The molecule has 0 heterocycles. The van der Waals surface area contributed by atoms with E-state index in [-0.39, 0.29) is 0 Å². The van der Waals surface area contributed by atoms with E-state index in [9.17, 15) is 9.59 Å². The van der Waals surface area contributed by atoms with Crippen LogP contribution in [0.15, 0.2) is 60.7 Å². The molecule has 2 rings (SSSR count).